The fourth-order valence-electron chi connectivity index (χ4n) is 2.90. The van der Waals surface area contributed by atoms with Crippen LogP contribution in [0.1, 0.15) is 21.6 Å². The van der Waals surface area contributed by atoms with Crippen molar-refractivity contribution in [1.29, 1.82) is 0 Å². The van der Waals surface area contributed by atoms with Gasteiger partial charge < -0.3 is 18.8 Å². The molecule has 0 aliphatic rings. The molecule has 1 unspecified atom stereocenters. The normalized spacial score (nSPS) is 12.1. The summed E-state index contributed by atoms with van der Waals surface area (Å²) in [4.78, 5) is 20.6. The van der Waals surface area contributed by atoms with Crippen LogP contribution in [0.3, 0.4) is 0 Å². The van der Waals surface area contributed by atoms with Crippen LogP contribution >= 0.6 is 0 Å². The van der Waals surface area contributed by atoms with Crippen LogP contribution < -0.4 is 9.47 Å². The highest BCUT2D eigenvalue weighted by molar-refractivity contribution is 7.90. The predicted octanol–water partition coefficient (Wildman–Crippen LogP) is 2.49. The number of esters is 1. The molecular formula is C19H20N3O5S. The third-order valence-corrected chi connectivity index (χ3v) is 5.56. The summed E-state index contributed by atoms with van der Waals surface area (Å²) in [6, 6.07) is 5.05. The van der Waals surface area contributed by atoms with E-state index in [0.29, 0.717) is 33.8 Å². The van der Waals surface area contributed by atoms with Crippen molar-refractivity contribution >= 4 is 28.2 Å². The van der Waals surface area contributed by atoms with Crippen LogP contribution in [-0.4, -0.2) is 46.4 Å². The number of fused-ring (bicyclic) bond motifs is 1. The molecule has 0 fully saturated rings. The van der Waals surface area contributed by atoms with Gasteiger partial charge in [-0.2, -0.15) is 4.98 Å². The second-order valence-electron chi connectivity index (χ2n) is 5.95. The standard InChI is InChI=1S/C19H20N3O5S/c1-11-8-15-13(9-12(11)18(23)27-5)21-19(22(15)2)28(24)10-14-17(26-4)16(25-3)6-7-20-14/h6-9H,2,10H2,1,3-5H3. The number of aromatic nitrogens is 3. The van der Waals surface area contributed by atoms with Crippen LogP contribution in [0, 0.1) is 14.0 Å². The third-order valence-electron chi connectivity index (χ3n) is 4.30. The van der Waals surface area contributed by atoms with Gasteiger partial charge in [-0.25, -0.2) is 4.79 Å². The molecule has 1 radical (unpaired) electrons. The summed E-state index contributed by atoms with van der Waals surface area (Å²) in [5.41, 5.74) is 2.78. The maximum atomic E-state index is 13.0. The van der Waals surface area contributed by atoms with E-state index in [1.807, 2.05) is 0 Å². The molecule has 0 N–H and O–H groups in total. The van der Waals surface area contributed by atoms with Gasteiger partial charge in [0.2, 0.25) is 0 Å². The Kier molecular flexibility index (Phi) is 5.76. The van der Waals surface area contributed by atoms with Crippen molar-refractivity contribution < 1.29 is 23.6 Å². The zero-order valence-corrected chi connectivity index (χ0v) is 16.8. The van der Waals surface area contributed by atoms with E-state index in [9.17, 15) is 9.35 Å². The van der Waals surface area contributed by atoms with Gasteiger partial charge in [0.1, 0.15) is 5.69 Å². The molecule has 2 heterocycles. The quantitative estimate of drug-likeness (QED) is 0.461. The Labute approximate surface area is 165 Å². The number of methoxy groups -OCH3 is 3. The van der Waals surface area contributed by atoms with Gasteiger partial charge in [-0.3, -0.25) is 9.55 Å². The number of benzene rings is 1. The highest BCUT2D eigenvalue weighted by atomic mass is 32.2. The minimum Gasteiger partial charge on any atom is -0.609 e. The predicted molar refractivity (Wildman–Crippen MR) is 104 cm³/mol. The second kappa shape index (κ2) is 8.07. The van der Waals surface area contributed by atoms with Crippen LogP contribution in [-0.2, 0) is 21.7 Å². The molecule has 1 atom stereocenters. The van der Waals surface area contributed by atoms with Gasteiger partial charge in [-0.15, -0.1) is 0 Å². The fourth-order valence-corrected chi connectivity index (χ4v) is 4.03. The number of imidazole rings is 1. The molecule has 147 valence electrons. The van der Waals surface area contributed by atoms with Crippen molar-refractivity contribution in [3.63, 3.8) is 0 Å². The number of aryl methyl sites for hydroxylation is 1. The van der Waals surface area contributed by atoms with Crippen molar-refractivity contribution in [3.8, 4) is 11.5 Å². The molecule has 3 aromatic rings. The van der Waals surface area contributed by atoms with E-state index in [1.54, 1.807) is 31.3 Å². The molecule has 2 aromatic heterocycles. The summed E-state index contributed by atoms with van der Waals surface area (Å²) < 4.78 is 29.9. The first-order valence-electron chi connectivity index (χ1n) is 8.27. The van der Waals surface area contributed by atoms with E-state index in [-0.39, 0.29) is 10.9 Å². The first-order valence-corrected chi connectivity index (χ1v) is 9.59. The zero-order chi connectivity index (χ0) is 20.4. The van der Waals surface area contributed by atoms with E-state index in [1.165, 1.54) is 25.9 Å². The smallest absolute Gasteiger partial charge is 0.338 e. The molecule has 0 saturated heterocycles. The molecule has 9 heteroatoms. The van der Waals surface area contributed by atoms with Crippen molar-refractivity contribution in [2.45, 2.75) is 17.8 Å². The minimum atomic E-state index is -1.55. The van der Waals surface area contributed by atoms with Crippen LogP contribution in [0.4, 0.5) is 0 Å². The molecule has 8 nitrogen and oxygen atoms in total. The summed E-state index contributed by atoms with van der Waals surface area (Å²) in [6.45, 7) is 1.79. The lowest BCUT2D eigenvalue weighted by Gasteiger charge is -2.13. The molecule has 0 saturated carbocycles. The molecule has 0 bridgehead atoms. The van der Waals surface area contributed by atoms with Crippen LogP contribution in [0.2, 0.25) is 0 Å². The Hall–Kier alpha value is -2.78. The Morgan fingerprint density at radius 3 is 2.68 bits per heavy atom. The molecule has 0 amide bonds. The SMILES string of the molecule is [CH2]n1c([S+]([O-])Cc2nccc(OC)c2OC)nc2cc(C(=O)OC)c(C)cc21. The van der Waals surface area contributed by atoms with E-state index >= 15 is 0 Å². The number of carbonyl (C=O) groups excluding carboxylic acids is 1. The summed E-state index contributed by atoms with van der Waals surface area (Å²) in [6.07, 6.45) is 1.56. The summed E-state index contributed by atoms with van der Waals surface area (Å²) in [5, 5.41) is 0.267. The molecule has 1 aromatic carbocycles. The van der Waals surface area contributed by atoms with Gasteiger partial charge in [-0.1, -0.05) is 0 Å². The van der Waals surface area contributed by atoms with Gasteiger partial charge in [-0.05, 0) is 24.6 Å². The molecular weight excluding hydrogens is 382 g/mol. The van der Waals surface area contributed by atoms with Crippen molar-refractivity contribution in [3.05, 3.63) is 48.3 Å². The first-order chi connectivity index (χ1) is 13.4. The molecule has 0 aliphatic heterocycles. The average molecular weight is 402 g/mol. The monoisotopic (exact) mass is 402 g/mol. The first kappa shape index (κ1) is 20.0. The second-order valence-corrected chi connectivity index (χ2v) is 7.30. The summed E-state index contributed by atoms with van der Waals surface area (Å²) in [7, 11) is 8.30. The average Bonchev–Trinajstić information content (AvgIpc) is 3.02. The lowest BCUT2D eigenvalue weighted by molar-refractivity contribution is 0.0600. The van der Waals surface area contributed by atoms with E-state index in [2.05, 4.69) is 17.0 Å². The van der Waals surface area contributed by atoms with E-state index < -0.39 is 17.1 Å². The summed E-state index contributed by atoms with van der Waals surface area (Å²) >= 11 is -1.55. The maximum Gasteiger partial charge on any atom is 0.338 e. The highest BCUT2D eigenvalue weighted by Crippen LogP contribution is 2.32. The largest absolute Gasteiger partial charge is 0.609 e. The van der Waals surface area contributed by atoms with Gasteiger partial charge in [0.25, 0.3) is 0 Å². The van der Waals surface area contributed by atoms with Crippen LogP contribution in [0.5, 0.6) is 11.5 Å². The number of carbonyl (C=O) groups is 1. The van der Waals surface area contributed by atoms with Gasteiger partial charge in [0.05, 0.1) is 37.9 Å². The number of hydrogen-bond donors (Lipinski definition) is 0. The Bertz CT molecular complexity index is 1030. The van der Waals surface area contributed by atoms with Gasteiger partial charge in [0.15, 0.2) is 17.3 Å². The van der Waals surface area contributed by atoms with Gasteiger partial charge in [0, 0.05) is 30.5 Å². The topological polar surface area (TPSA) is 98.5 Å². The number of pyridine rings is 1. The Morgan fingerprint density at radius 1 is 1.29 bits per heavy atom. The zero-order valence-electron chi connectivity index (χ0n) is 16.0. The number of ether oxygens (including phenoxy) is 3. The van der Waals surface area contributed by atoms with Crippen LogP contribution in [0.15, 0.2) is 29.6 Å². The van der Waals surface area contributed by atoms with E-state index in [4.69, 9.17) is 14.2 Å². The fraction of sp³-hybridized carbons (Fsp3) is 0.263. The number of hydrogen-bond acceptors (Lipinski definition) is 7. The molecule has 3 rings (SSSR count). The van der Waals surface area contributed by atoms with Crippen molar-refractivity contribution in [2.24, 2.45) is 0 Å². The molecule has 28 heavy (non-hydrogen) atoms. The Balaban J connectivity index is 2.00. The van der Waals surface area contributed by atoms with Crippen molar-refractivity contribution in [1.82, 2.24) is 14.5 Å². The lowest BCUT2D eigenvalue weighted by atomic mass is 10.1. The van der Waals surface area contributed by atoms with E-state index in [0.717, 1.165) is 5.56 Å². The van der Waals surface area contributed by atoms with Crippen molar-refractivity contribution in [2.75, 3.05) is 21.3 Å². The Morgan fingerprint density at radius 2 is 2.04 bits per heavy atom. The highest BCUT2D eigenvalue weighted by Gasteiger charge is 2.25. The third kappa shape index (κ3) is 3.50. The number of rotatable bonds is 6. The lowest BCUT2D eigenvalue weighted by Crippen LogP contribution is -2.12. The minimum absolute atomic E-state index is 0.0715. The van der Waals surface area contributed by atoms with Crippen LogP contribution in [0.25, 0.3) is 11.0 Å². The molecule has 0 spiro atoms. The maximum absolute atomic E-state index is 13.0. The van der Waals surface area contributed by atoms with Gasteiger partial charge >= 0.3 is 11.1 Å². The number of nitrogens with zero attached hydrogens (tertiary/aromatic N) is 3. The summed E-state index contributed by atoms with van der Waals surface area (Å²) in [5.74, 6) is 0.549. The molecule has 0 aliphatic carbocycles.